The van der Waals surface area contributed by atoms with E-state index in [0.29, 0.717) is 6.61 Å². The molecule has 0 bridgehead atoms. The molecule has 0 aromatic heterocycles. The number of hydrogen-bond acceptors (Lipinski definition) is 2. The standard InChI is InChI=1S/C17H31ClO2/c1-17(19)20-16-14-12-10-8-6-4-2-3-5-7-9-11-13-15-18/h9,11H,2-8,10,12-16H2,1H3/b11-9+. The SMILES string of the molecule is CC(=O)OCCCCCCCCCCC/C=C/CCCl. The van der Waals surface area contributed by atoms with E-state index in [1.54, 1.807) is 0 Å². The molecule has 0 spiro atoms. The maximum atomic E-state index is 10.5. The number of unbranched alkanes of at least 4 members (excludes halogenated alkanes) is 9. The Balaban J connectivity index is 3.01. The zero-order chi connectivity index (χ0) is 14.9. The Morgan fingerprint density at radius 3 is 1.90 bits per heavy atom. The van der Waals surface area contributed by atoms with Crippen molar-refractivity contribution in [2.75, 3.05) is 12.5 Å². The smallest absolute Gasteiger partial charge is 0.302 e. The van der Waals surface area contributed by atoms with E-state index in [9.17, 15) is 4.79 Å². The van der Waals surface area contributed by atoms with E-state index < -0.39 is 0 Å². The first-order valence-electron chi connectivity index (χ1n) is 8.11. The summed E-state index contributed by atoms with van der Waals surface area (Å²) in [6, 6.07) is 0. The molecule has 0 aliphatic rings. The number of esters is 1. The van der Waals surface area contributed by atoms with Crippen molar-refractivity contribution in [3.8, 4) is 0 Å². The first-order chi connectivity index (χ1) is 9.77. The molecule has 0 aliphatic carbocycles. The molecule has 3 heteroatoms. The second-order valence-electron chi connectivity index (χ2n) is 5.26. The highest BCUT2D eigenvalue weighted by Crippen LogP contribution is 2.11. The van der Waals surface area contributed by atoms with Crippen molar-refractivity contribution < 1.29 is 9.53 Å². The number of carbonyl (C=O) groups is 1. The summed E-state index contributed by atoms with van der Waals surface area (Å²) in [5.41, 5.74) is 0. The van der Waals surface area contributed by atoms with Crippen LogP contribution in [0.5, 0.6) is 0 Å². The predicted octanol–water partition coefficient (Wildman–Crippen LogP) is 5.64. The summed E-state index contributed by atoms with van der Waals surface area (Å²) in [4.78, 5) is 10.5. The van der Waals surface area contributed by atoms with Crippen molar-refractivity contribution in [1.82, 2.24) is 0 Å². The van der Waals surface area contributed by atoms with Gasteiger partial charge in [0.05, 0.1) is 6.61 Å². The maximum absolute atomic E-state index is 10.5. The van der Waals surface area contributed by atoms with Crippen LogP contribution in [0.4, 0.5) is 0 Å². The van der Waals surface area contributed by atoms with E-state index in [2.05, 4.69) is 12.2 Å². The van der Waals surface area contributed by atoms with Crippen LogP contribution in [0.2, 0.25) is 0 Å². The zero-order valence-electron chi connectivity index (χ0n) is 13.0. The molecule has 20 heavy (non-hydrogen) atoms. The van der Waals surface area contributed by atoms with Crippen molar-refractivity contribution in [3.63, 3.8) is 0 Å². The molecule has 0 aliphatic heterocycles. The van der Waals surface area contributed by atoms with Gasteiger partial charge in [-0.1, -0.05) is 57.1 Å². The lowest BCUT2D eigenvalue weighted by atomic mass is 10.1. The number of carbonyl (C=O) groups excluding carboxylic acids is 1. The van der Waals surface area contributed by atoms with Crippen LogP contribution in [0.15, 0.2) is 12.2 Å². The summed E-state index contributed by atoms with van der Waals surface area (Å²) in [6.45, 7) is 2.06. The van der Waals surface area contributed by atoms with E-state index >= 15 is 0 Å². The van der Waals surface area contributed by atoms with Crippen molar-refractivity contribution in [1.29, 1.82) is 0 Å². The molecular weight excluding hydrogens is 272 g/mol. The number of rotatable bonds is 14. The summed E-state index contributed by atoms with van der Waals surface area (Å²) < 4.78 is 4.90. The highest BCUT2D eigenvalue weighted by Gasteiger charge is 1.94. The van der Waals surface area contributed by atoms with Gasteiger partial charge in [0.25, 0.3) is 0 Å². The van der Waals surface area contributed by atoms with Crippen LogP contribution in [-0.4, -0.2) is 18.5 Å². The lowest BCUT2D eigenvalue weighted by Gasteiger charge is -2.03. The number of allylic oxidation sites excluding steroid dienone is 2. The largest absolute Gasteiger partial charge is 0.466 e. The van der Waals surface area contributed by atoms with Gasteiger partial charge in [0, 0.05) is 12.8 Å². The Labute approximate surface area is 129 Å². The first-order valence-corrected chi connectivity index (χ1v) is 8.65. The number of halogens is 1. The molecule has 0 aromatic carbocycles. The van der Waals surface area contributed by atoms with Crippen LogP contribution in [0.3, 0.4) is 0 Å². The van der Waals surface area contributed by atoms with E-state index in [-0.39, 0.29) is 5.97 Å². The minimum Gasteiger partial charge on any atom is -0.466 e. The first kappa shape index (κ1) is 19.5. The molecule has 0 saturated heterocycles. The van der Waals surface area contributed by atoms with Gasteiger partial charge in [0.1, 0.15) is 0 Å². The van der Waals surface area contributed by atoms with Crippen LogP contribution < -0.4 is 0 Å². The highest BCUT2D eigenvalue weighted by atomic mass is 35.5. The molecule has 0 N–H and O–H groups in total. The van der Waals surface area contributed by atoms with Gasteiger partial charge in [-0.25, -0.2) is 0 Å². The molecule has 0 fully saturated rings. The van der Waals surface area contributed by atoms with Gasteiger partial charge in [0.15, 0.2) is 0 Å². The van der Waals surface area contributed by atoms with Crippen LogP contribution in [0.1, 0.15) is 77.6 Å². The zero-order valence-corrected chi connectivity index (χ0v) is 13.8. The Morgan fingerprint density at radius 2 is 1.35 bits per heavy atom. The van der Waals surface area contributed by atoms with Gasteiger partial charge in [-0.15, -0.1) is 11.6 Å². The molecule has 118 valence electrons. The van der Waals surface area contributed by atoms with Gasteiger partial charge in [0.2, 0.25) is 0 Å². The van der Waals surface area contributed by atoms with Crippen LogP contribution >= 0.6 is 11.6 Å². The second-order valence-corrected chi connectivity index (χ2v) is 5.64. The third kappa shape index (κ3) is 17.5. The van der Waals surface area contributed by atoms with Crippen molar-refractivity contribution in [2.24, 2.45) is 0 Å². The van der Waals surface area contributed by atoms with Crippen LogP contribution in [0, 0.1) is 0 Å². The summed E-state index contributed by atoms with van der Waals surface area (Å²) >= 11 is 5.59. The number of hydrogen-bond donors (Lipinski definition) is 0. The third-order valence-electron chi connectivity index (χ3n) is 3.26. The Bertz CT molecular complexity index is 239. The fraction of sp³-hybridized carbons (Fsp3) is 0.824. The third-order valence-corrected chi connectivity index (χ3v) is 3.48. The molecule has 0 saturated carbocycles. The Kier molecular flexibility index (Phi) is 16.1. The molecule has 2 nitrogen and oxygen atoms in total. The number of ether oxygens (including phenoxy) is 1. The summed E-state index contributed by atoms with van der Waals surface area (Å²) in [7, 11) is 0. The minimum atomic E-state index is -0.164. The molecule has 0 atom stereocenters. The lowest BCUT2D eigenvalue weighted by Crippen LogP contribution is -2.00. The van der Waals surface area contributed by atoms with Gasteiger partial charge in [-0.3, -0.25) is 4.79 Å². The lowest BCUT2D eigenvalue weighted by molar-refractivity contribution is -0.141. The molecule has 0 amide bonds. The molecule has 0 heterocycles. The number of alkyl halides is 1. The predicted molar refractivity (Wildman–Crippen MR) is 87.3 cm³/mol. The summed E-state index contributed by atoms with van der Waals surface area (Å²) in [5.74, 6) is 0.569. The van der Waals surface area contributed by atoms with Gasteiger partial charge in [-0.2, -0.15) is 0 Å². The summed E-state index contributed by atoms with van der Waals surface area (Å²) in [6.07, 6.45) is 18.1. The topological polar surface area (TPSA) is 26.3 Å². The molecule has 0 unspecified atom stereocenters. The average Bonchev–Trinajstić information content (AvgIpc) is 2.43. The fourth-order valence-corrected chi connectivity index (χ4v) is 2.24. The van der Waals surface area contributed by atoms with Crippen molar-refractivity contribution in [3.05, 3.63) is 12.2 Å². The van der Waals surface area contributed by atoms with E-state index in [1.807, 2.05) is 0 Å². The monoisotopic (exact) mass is 302 g/mol. The van der Waals surface area contributed by atoms with Gasteiger partial charge >= 0.3 is 5.97 Å². The Hall–Kier alpha value is -0.500. The highest BCUT2D eigenvalue weighted by molar-refractivity contribution is 6.17. The molecule has 0 radical (unpaired) electrons. The normalized spacial score (nSPS) is 11.1. The fourth-order valence-electron chi connectivity index (χ4n) is 2.12. The van der Waals surface area contributed by atoms with Crippen LogP contribution in [-0.2, 0) is 9.53 Å². The van der Waals surface area contributed by atoms with Gasteiger partial charge in [-0.05, 0) is 25.7 Å². The van der Waals surface area contributed by atoms with Crippen molar-refractivity contribution in [2.45, 2.75) is 77.6 Å². The summed E-state index contributed by atoms with van der Waals surface area (Å²) in [5, 5.41) is 0. The molecule has 0 rings (SSSR count). The van der Waals surface area contributed by atoms with Crippen molar-refractivity contribution >= 4 is 17.6 Å². The molecular formula is C17H31ClO2. The minimum absolute atomic E-state index is 0.164. The second kappa shape index (κ2) is 16.6. The molecule has 0 aromatic rings. The van der Waals surface area contributed by atoms with E-state index in [0.717, 1.165) is 18.7 Å². The van der Waals surface area contributed by atoms with Crippen LogP contribution in [0.25, 0.3) is 0 Å². The maximum Gasteiger partial charge on any atom is 0.302 e. The Morgan fingerprint density at radius 1 is 0.850 bits per heavy atom. The quantitative estimate of drug-likeness (QED) is 0.180. The van der Waals surface area contributed by atoms with E-state index in [4.69, 9.17) is 16.3 Å². The van der Waals surface area contributed by atoms with E-state index in [1.165, 1.54) is 64.7 Å². The average molecular weight is 303 g/mol. The van der Waals surface area contributed by atoms with Gasteiger partial charge < -0.3 is 4.74 Å².